The maximum Gasteiger partial charge on any atom is 0.305 e. The molecule has 20 heavy (non-hydrogen) atoms. The van der Waals surface area contributed by atoms with Crippen LogP contribution in [0.25, 0.3) is 0 Å². The van der Waals surface area contributed by atoms with E-state index in [0.29, 0.717) is 25.7 Å². The van der Waals surface area contributed by atoms with Gasteiger partial charge in [-0.05, 0) is 12.8 Å². The highest BCUT2D eigenvalue weighted by atomic mass is 16.5. The molecular weight excluding hydrogens is 252 g/mol. The van der Waals surface area contributed by atoms with Crippen LogP contribution < -0.4 is 0 Å². The minimum atomic E-state index is -0.221. The van der Waals surface area contributed by atoms with Gasteiger partial charge in [-0.25, -0.2) is 0 Å². The van der Waals surface area contributed by atoms with E-state index < -0.39 is 0 Å². The Bertz CT molecular complexity index is 249. The fourth-order valence-electron chi connectivity index (χ4n) is 2.29. The summed E-state index contributed by atoms with van der Waals surface area (Å²) in [6, 6.07) is 0. The lowest BCUT2D eigenvalue weighted by molar-refractivity contribution is -0.140. The van der Waals surface area contributed by atoms with Crippen molar-refractivity contribution in [3.63, 3.8) is 0 Å². The van der Waals surface area contributed by atoms with Gasteiger partial charge < -0.3 is 4.74 Å². The Kier molecular flexibility index (Phi) is 13.9. The number of rotatable bonds is 14. The summed E-state index contributed by atoms with van der Waals surface area (Å²) in [5, 5.41) is 0. The molecule has 3 nitrogen and oxygen atoms in total. The van der Waals surface area contributed by atoms with Crippen molar-refractivity contribution in [1.82, 2.24) is 0 Å². The van der Waals surface area contributed by atoms with Crippen LogP contribution in [0, 0.1) is 0 Å². The van der Waals surface area contributed by atoms with Gasteiger partial charge in [-0.15, -0.1) is 0 Å². The van der Waals surface area contributed by atoms with Crippen molar-refractivity contribution in [1.29, 1.82) is 0 Å². The molecule has 0 spiro atoms. The number of carbonyl (C=O) groups excluding carboxylic acids is 2. The number of ether oxygens (including phenoxy) is 1. The molecule has 0 saturated heterocycles. The first-order valence-corrected chi connectivity index (χ1v) is 8.29. The van der Waals surface area contributed by atoms with Gasteiger partial charge in [-0.1, -0.05) is 58.3 Å². The monoisotopic (exact) mass is 284 g/mol. The van der Waals surface area contributed by atoms with E-state index in [1.165, 1.54) is 52.1 Å². The largest absolute Gasteiger partial charge is 0.469 e. The number of hydrogen-bond acceptors (Lipinski definition) is 3. The summed E-state index contributed by atoms with van der Waals surface area (Å²) in [7, 11) is 1.38. The van der Waals surface area contributed by atoms with Crippen LogP contribution in [0.15, 0.2) is 0 Å². The summed E-state index contributed by atoms with van der Waals surface area (Å²) in [5.74, 6) is 0.0673. The van der Waals surface area contributed by atoms with Crippen LogP contribution in [-0.4, -0.2) is 18.9 Å². The lowest BCUT2D eigenvalue weighted by atomic mass is 10.0. The Morgan fingerprint density at radius 1 is 0.700 bits per heavy atom. The van der Waals surface area contributed by atoms with E-state index >= 15 is 0 Å². The quantitative estimate of drug-likeness (QED) is 0.339. The zero-order valence-corrected chi connectivity index (χ0v) is 13.4. The molecule has 0 aromatic heterocycles. The molecule has 3 heteroatoms. The van der Waals surface area contributed by atoms with Crippen LogP contribution in [0.5, 0.6) is 0 Å². The van der Waals surface area contributed by atoms with Crippen molar-refractivity contribution in [3.05, 3.63) is 0 Å². The first kappa shape index (κ1) is 19.1. The maximum atomic E-state index is 11.6. The third-order valence-electron chi connectivity index (χ3n) is 3.62. The van der Waals surface area contributed by atoms with Crippen molar-refractivity contribution < 1.29 is 14.3 Å². The maximum absolute atomic E-state index is 11.6. The van der Waals surface area contributed by atoms with E-state index in [1.807, 2.05) is 0 Å². The van der Waals surface area contributed by atoms with Crippen molar-refractivity contribution in [2.24, 2.45) is 0 Å². The van der Waals surface area contributed by atoms with Gasteiger partial charge in [0.25, 0.3) is 0 Å². The summed E-state index contributed by atoms with van der Waals surface area (Å²) in [6.07, 6.45) is 13.6. The Hall–Kier alpha value is -0.860. The standard InChI is InChI=1S/C17H32O3/c1-3-4-5-6-7-8-9-10-11-13-16(18)14-12-15-17(19)20-2/h3-15H2,1-2H3. The summed E-state index contributed by atoms with van der Waals surface area (Å²) in [4.78, 5) is 22.5. The first-order chi connectivity index (χ1) is 9.70. The minimum absolute atomic E-state index is 0.221. The molecule has 0 atom stereocenters. The van der Waals surface area contributed by atoms with Gasteiger partial charge in [0.15, 0.2) is 0 Å². The lowest BCUT2D eigenvalue weighted by Gasteiger charge is -2.02. The van der Waals surface area contributed by atoms with E-state index in [-0.39, 0.29) is 11.8 Å². The molecule has 0 saturated carbocycles. The van der Waals surface area contributed by atoms with Gasteiger partial charge in [0.2, 0.25) is 0 Å². The third kappa shape index (κ3) is 13.6. The molecule has 0 aromatic carbocycles. The van der Waals surface area contributed by atoms with Gasteiger partial charge in [-0.3, -0.25) is 9.59 Å². The highest BCUT2D eigenvalue weighted by molar-refractivity contribution is 5.79. The summed E-state index contributed by atoms with van der Waals surface area (Å²) in [6.45, 7) is 2.24. The topological polar surface area (TPSA) is 43.4 Å². The van der Waals surface area contributed by atoms with Crippen molar-refractivity contribution in [2.45, 2.75) is 90.4 Å². The van der Waals surface area contributed by atoms with Gasteiger partial charge in [0.05, 0.1) is 7.11 Å². The zero-order valence-electron chi connectivity index (χ0n) is 13.4. The highest BCUT2D eigenvalue weighted by Gasteiger charge is 2.05. The Balaban J connectivity index is 3.21. The molecule has 0 aliphatic rings. The Morgan fingerprint density at radius 3 is 1.75 bits per heavy atom. The highest BCUT2D eigenvalue weighted by Crippen LogP contribution is 2.11. The summed E-state index contributed by atoms with van der Waals surface area (Å²) < 4.78 is 4.54. The average molecular weight is 284 g/mol. The van der Waals surface area contributed by atoms with Gasteiger partial charge in [0, 0.05) is 19.3 Å². The number of hydrogen-bond donors (Lipinski definition) is 0. The van der Waals surface area contributed by atoms with Crippen molar-refractivity contribution >= 4 is 11.8 Å². The molecule has 0 amide bonds. The molecule has 0 rings (SSSR count). The van der Waals surface area contributed by atoms with E-state index in [1.54, 1.807) is 0 Å². The molecule has 0 aromatic rings. The average Bonchev–Trinajstić information content (AvgIpc) is 2.45. The molecule has 0 radical (unpaired) electrons. The molecule has 0 N–H and O–H groups in total. The number of ketones is 1. The second-order valence-corrected chi connectivity index (χ2v) is 5.55. The first-order valence-electron chi connectivity index (χ1n) is 8.29. The smallest absolute Gasteiger partial charge is 0.305 e. The molecule has 0 fully saturated rings. The number of Topliss-reactive ketones (excluding diaryl/α,β-unsaturated/α-hetero) is 1. The van der Waals surface area contributed by atoms with Crippen LogP contribution in [0.2, 0.25) is 0 Å². The minimum Gasteiger partial charge on any atom is -0.469 e. The van der Waals surface area contributed by atoms with E-state index in [9.17, 15) is 9.59 Å². The Morgan fingerprint density at radius 2 is 1.20 bits per heavy atom. The summed E-state index contributed by atoms with van der Waals surface area (Å²) in [5.41, 5.74) is 0. The normalized spacial score (nSPS) is 10.5. The number of unbranched alkanes of at least 4 members (excludes halogenated alkanes) is 8. The lowest BCUT2D eigenvalue weighted by Crippen LogP contribution is -2.03. The molecule has 0 aliphatic carbocycles. The Labute approximate surface area is 124 Å². The fourth-order valence-corrected chi connectivity index (χ4v) is 2.29. The summed E-state index contributed by atoms with van der Waals surface area (Å²) >= 11 is 0. The number of methoxy groups -OCH3 is 1. The molecule has 118 valence electrons. The molecule has 0 aliphatic heterocycles. The SMILES string of the molecule is CCCCCCCCCCCC(=O)CCCC(=O)OC. The molecule has 0 bridgehead atoms. The van der Waals surface area contributed by atoms with E-state index in [2.05, 4.69) is 11.7 Å². The van der Waals surface area contributed by atoms with Crippen LogP contribution in [0.1, 0.15) is 90.4 Å². The third-order valence-corrected chi connectivity index (χ3v) is 3.62. The van der Waals surface area contributed by atoms with Crippen molar-refractivity contribution in [2.75, 3.05) is 7.11 Å². The van der Waals surface area contributed by atoms with Crippen LogP contribution in [0.4, 0.5) is 0 Å². The zero-order chi connectivity index (χ0) is 15.1. The van der Waals surface area contributed by atoms with E-state index in [4.69, 9.17) is 0 Å². The molecule has 0 unspecified atom stereocenters. The number of esters is 1. The van der Waals surface area contributed by atoms with Crippen LogP contribution in [0.3, 0.4) is 0 Å². The van der Waals surface area contributed by atoms with E-state index in [0.717, 1.165) is 12.8 Å². The van der Waals surface area contributed by atoms with Gasteiger partial charge in [-0.2, -0.15) is 0 Å². The molecule has 0 heterocycles. The second-order valence-electron chi connectivity index (χ2n) is 5.55. The van der Waals surface area contributed by atoms with Crippen LogP contribution in [-0.2, 0) is 14.3 Å². The molecular formula is C17H32O3. The second kappa shape index (κ2) is 14.5. The predicted molar refractivity (Wildman–Crippen MR) is 82.7 cm³/mol. The van der Waals surface area contributed by atoms with Crippen molar-refractivity contribution in [3.8, 4) is 0 Å². The fraction of sp³-hybridized carbons (Fsp3) is 0.882. The predicted octanol–water partition coefficient (Wildman–Crippen LogP) is 4.82. The number of carbonyl (C=O) groups is 2. The van der Waals surface area contributed by atoms with Gasteiger partial charge in [0.1, 0.15) is 5.78 Å². The van der Waals surface area contributed by atoms with Crippen LogP contribution >= 0.6 is 0 Å². The van der Waals surface area contributed by atoms with Gasteiger partial charge >= 0.3 is 5.97 Å².